The number of carbonyl (C=O) groups excluding carboxylic acids is 2. The first-order valence-electron chi connectivity index (χ1n) is 5.63. The van der Waals surface area contributed by atoms with Gasteiger partial charge in [0.25, 0.3) is 0 Å². The maximum atomic E-state index is 13.1. The molecule has 1 saturated heterocycles. The third kappa shape index (κ3) is 2.38. The molecule has 92 valence electrons. The molecule has 0 atom stereocenters. The summed E-state index contributed by atoms with van der Waals surface area (Å²) in [5.41, 5.74) is 0.501. The zero-order chi connectivity index (χ0) is 13.1. The highest BCUT2D eigenvalue weighted by Gasteiger charge is 2.25. The van der Waals surface area contributed by atoms with Gasteiger partial charge in [0.2, 0.25) is 11.8 Å². The number of hydrogen-bond acceptors (Lipinski definition) is 3. The quantitative estimate of drug-likeness (QED) is 0.747. The lowest BCUT2D eigenvalue weighted by atomic mass is 10.1. The molecule has 1 fully saturated rings. The summed E-state index contributed by atoms with van der Waals surface area (Å²) in [4.78, 5) is 24.4. The van der Waals surface area contributed by atoms with Gasteiger partial charge in [-0.2, -0.15) is 5.26 Å². The van der Waals surface area contributed by atoms with Crippen molar-refractivity contribution in [3.8, 4) is 6.07 Å². The van der Waals surface area contributed by atoms with Crippen LogP contribution in [0.1, 0.15) is 30.4 Å². The number of halogens is 1. The lowest BCUT2D eigenvalue weighted by molar-refractivity contribution is -0.148. The van der Waals surface area contributed by atoms with E-state index in [-0.39, 0.29) is 23.9 Å². The Labute approximate surface area is 104 Å². The van der Waals surface area contributed by atoms with E-state index in [2.05, 4.69) is 0 Å². The van der Waals surface area contributed by atoms with Crippen LogP contribution in [0.15, 0.2) is 18.2 Å². The summed E-state index contributed by atoms with van der Waals surface area (Å²) in [7, 11) is 0. The molecule has 0 spiro atoms. The van der Waals surface area contributed by atoms with Crippen molar-refractivity contribution in [1.29, 1.82) is 5.26 Å². The first-order valence-corrected chi connectivity index (χ1v) is 5.63. The minimum Gasteiger partial charge on any atom is -0.278 e. The topological polar surface area (TPSA) is 61.2 Å². The van der Waals surface area contributed by atoms with Gasteiger partial charge in [0.15, 0.2) is 0 Å². The molecule has 0 radical (unpaired) electrons. The van der Waals surface area contributed by atoms with Gasteiger partial charge < -0.3 is 0 Å². The van der Waals surface area contributed by atoms with Crippen LogP contribution in [0, 0.1) is 17.1 Å². The van der Waals surface area contributed by atoms with Gasteiger partial charge >= 0.3 is 0 Å². The van der Waals surface area contributed by atoms with Gasteiger partial charge in [0.05, 0.1) is 12.1 Å². The Hall–Kier alpha value is -2.22. The van der Waals surface area contributed by atoms with Crippen molar-refractivity contribution in [3.63, 3.8) is 0 Å². The molecule has 0 N–H and O–H groups in total. The van der Waals surface area contributed by atoms with E-state index in [9.17, 15) is 14.0 Å². The van der Waals surface area contributed by atoms with Crippen LogP contribution < -0.4 is 0 Å². The predicted octanol–water partition coefficient (Wildman–Crippen LogP) is 1.74. The predicted molar refractivity (Wildman–Crippen MR) is 60.5 cm³/mol. The van der Waals surface area contributed by atoms with Crippen LogP contribution in [0.4, 0.5) is 4.39 Å². The summed E-state index contributed by atoms with van der Waals surface area (Å²) in [6.45, 7) is 0.104. The van der Waals surface area contributed by atoms with Crippen molar-refractivity contribution in [3.05, 3.63) is 35.1 Å². The molecule has 0 aliphatic carbocycles. The van der Waals surface area contributed by atoms with Gasteiger partial charge in [-0.3, -0.25) is 14.5 Å². The third-order valence-electron chi connectivity index (χ3n) is 2.88. The van der Waals surface area contributed by atoms with E-state index in [1.165, 1.54) is 18.2 Å². The Balaban J connectivity index is 2.21. The lowest BCUT2D eigenvalue weighted by Crippen LogP contribution is -2.39. The third-order valence-corrected chi connectivity index (χ3v) is 2.88. The molecular formula is C13H11FN2O2. The summed E-state index contributed by atoms with van der Waals surface area (Å²) in [6.07, 6.45) is 1.30. The Morgan fingerprint density at radius 3 is 2.56 bits per heavy atom. The van der Waals surface area contributed by atoms with Crippen molar-refractivity contribution in [2.24, 2.45) is 0 Å². The van der Waals surface area contributed by atoms with Crippen LogP contribution in [-0.4, -0.2) is 16.7 Å². The Morgan fingerprint density at radius 1 is 1.28 bits per heavy atom. The summed E-state index contributed by atoms with van der Waals surface area (Å²) < 4.78 is 13.1. The van der Waals surface area contributed by atoms with Crippen molar-refractivity contribution in [2.45, 2.75) is 25.8 Å². The average Bonchev–Trinajstić information content (AvgIpc) is 2.36. The number of amides is 2. The number of nitrogens with zero attached hydrogens (tertiary/aromatic N) is 2. The van der Waals surface area contributed by atoms with Crippen molar-refractivity contribution in [2.75, 3.05) is 0 Å². The fraction of sp³-hybridized carbons (Fsp3) is 0.308. The highest BCUT2D eigenvalue weighted by molar-refractivity contribution is 5.97. The number of hydrogen-bond donors (Lipinski definition) is 0. The smallest absolute Gasteiger partial charge is 0.229 e. The molecule has 5 heteroatoms. The van der Waals surface area contributed by atoms with E-state index in [4.69, 9.17) is 5.26 Å². The summed E-state index contributed by atoms with van der Waals surface area (Å²) in [6, 6.07) is 5.75. The van der Waals surface area contributed by atoms with E-state index in [1.54, 1.807) is 6.07 Å². The van der Waals surface area contributed by atoms with E-state index < -0.39 is 5.82 Å². The minimum atomic E-state index is -0.599. The van der Waals surface area contributed by atoms with Crippen LogP contribution in [0.25, 0.3) is 0 Å². The molecule has 18 heavy (non-hydrogen) atoms. The van der Waals surface area contributed by atoms with Gasteiger partial charge in [0.1, 0.15) is 11.9 Å². The number of likely N-dealkylation sites (tertiary alicyclic amines) is 1. The van der Waals surface area contributed by atoms with Crippen LogP contribution >= 0.6 is 0 Å². The van der Waals surface area contributed by atoms with Crippen molar-refractivity contribution < 1.29 is 14.0 Å². The molecule has 1 aliphatic rings. The fourth-order valence-corrected chi connectivity index (χ4v) is 1.92. The number of carbonyl (C=O) groups is 2. The van der Waals surface area contributed by atoms with E-state index in [0.717, 1.165) is 4.90 Å². The Bertz CT molecular complexity index is 532. The maximum Gasteiger partial charge on any atom is 0.229 e. The summed E-state index contributed by atoms with van der Waals surface area (Å²) >= 11 is 0. The highest BCUT2D eigenvalue weighted by Crippen LogP contribution is 2.17. The molecule has 0 unspecified atom stereocenters. The summed E-state index contributed by atoms with van der Waals surface area (Å²) in [5.74, 6) is -1.03. The van der Waals surface area contributed by atoms with Gasteiger partial charge in [-0.1, -0.05) is 6.07 Å². The van der Waals surface area contributed by atoms with Crippen LogP contribution in [-0.2, 0) is 16.1 Å². The zero-order valence-electron chi connectivity index (χ0n) is 9.65. The maximum absolute atomic E-state index is 13.1. The van der Waals surface area contributed by atoms with E-state index >= 15 is 0 Å². The zero-order valence-corrected chi connectivity index (χ0v) is 9.65. The fourth-order valence-electron chi connectivity index (χ4n) is 1.92. The van der Waals surface area contributed by atoms with Crippen molar-refractivity contribution in [1.82, 2.24) is 4.90 Å². The number of piperidine rings is 1. The second-order valence-corrected chi connectivity index (χ2v) is 4.15. The molecule has 2 amide bonds. The number of benzene rings is 1. The molecule has 4 nitrogen and oxygen atoms in total. The SMILES string of the molecule is N#Cc1cc(CN2C(=O)CCCC2=O)ccc1F. The van der Waals surface area contributed by atoms with Gasteiger partial charge in [-0.15, -0.1) is 0 Å². The summed E-state index contributed by atoms with van der Waals surface area (Å²) in [5, 5.41) is 8.72. The molecule has 0 saturated carbocycles. The highest BCUT2D eigenvalue weighted by atomic mass is 19.1. The average molecular weight is 246 g/mol. The van der Waals surface area contributed by atoms with Crippen LogP contribution in [0.5, 0.6) is 0 Å². The molecule has 0 aromatic heterocycles. The number of nitriles is 1. The second-order valence-electron chi connectivity index (χ2n) is 4.15. The van der Waals surface area contributed by atoms with Gasteiger partial charge in [-0.05, 0) is 24.1 Å². The van der Waals surface area contributed by atoms with Gasteiger partial charge in [-0.25, -0.2) is 4.39 Å². The van der Waals surface area contributed by atoms with Gasteiger partial charge in [0, 0.05) is 12.8 Å². The Kier molecular flexibility index (Phi) is 3.38. The largest absolute Gasteiger partial charge is 0.278 e. The molecule has 1 aromatic carbocycles. The second kappa shape index (κ2) is 4.96. The standard InChI is InChI=1S/C13H11FN2O2/c14-11-5-4-9(6-10(11)7-15)8-16-12(17)2-1-3-13(16)18/h4-6H,1-3,8H2. The molecule has 0 bridgehead atoms. The van der Waals surface area contributed by atoms with Crippen LogP contribution in [0.2, 0.25) is 0 Å². The first kappa shape index (κ1) is 12.2. The van der Waals surface area contributed by atoms with E-state index in [1.807, 2.05) is 0 Å². The molecule has 1 aliphatic heterocycles. The normalized spacial score (nSPS) is 15.7. The number of rotatable bonds is 2. The molecule has 1 heterocycles. The monoisotopic (exact) mass is 246 g/mol. The van der Waals surface area contributed by atoms with E-state index in [0.29, 0.717) is 24.8 Å². The lowest BCUT2D eigenvalue weighted by Gasteiger charge is -2.24. The number of imide groups is 1. The molecule has 2 rings (SSSR count). The van der Waals surface area contributed by atoms with Crippen LogP contribution in [0.3, 0.4) is 0 Å². The molecule has 1 aromatic rings. The first-order chi connectivity index (χ1) is 8.61. The van der Waals surface area contributed by atoms with Crippen molar-refractivity contribution >= 4 is 11.8 Å². The minimum absolute atomic E-state index is 0.0793. The Morgan fingerprint density at radius 2 is 1.94 bits per heavy atom. The molecular weight excluding hydrogens is 235 g/mol.